The van der Waals surface area contributed by atoms with Crippen LogP contribution in [0.4, 0.5) is 4.39 Å². The Balaban J connectivity index is 2.23. The summed E-state index contributed by atoms with van der Waals surface area (Å²) in [5.41, 5.74) is 0.861. The minimum atomic E-state index is -1.39. The molecule has 0 spiro atoms. The van der Waals surface area contributed by atoms with Crippen LogP contribution in [0, 0.1) is 0 Å². The molecule has 3 atom stereocenters. The normalized spacial score (nSPS) is 16.2. The second kappa shape index (κ2) is 6.40. The minimum Gasteiger partial charge on any atom is -0.394 e. The van der Waals surface area contributed by atoms with Crippen LogP contribution in [0.25, 0.3) is 11.2 Å². The summed E-state index contributed by atoms with van der Waals surface area (Å²) in [4.78, 5) is 11.9. The van der Waals surface area contributed by atoms with Crippen molar-refractivity contribution in [2.75, 3.05) is 13.3 Å². The molecule has 2 aromatic rings. The topological polar surface area (TPSA) is 93.3 Å². The van der Waals surface area contributed by atoms with Crippen molar-refractivity contribution in [1.29, 1.82) is 0 Å². The standard InChI is InChI=1S/C11H14ClFN4O3/c1-6(20-8(3-18)7(19)2-13)17-5-16-9-10(12)14-4-15-11(9)17/h4-8,18-19H,2-3H2,1H3/t6?,7?,8-/m1/s1. The van der Waals surface area contributed by atoms with Crippen LogP contribution >= 0.6 is 11.6 Å². The quantitative estimate of drug-likeness (QED) is 0.763. The first kappa shape index (κ1) is 15.0. The van der Waals surface area contributed by atoms with Crippen LogP contribution in [-0.2, 0) is 4.74 Å². The van der Waals surface area contributed by atoms with Crippen molar-refractivity contribution in [3.8, 4) is 0 Å². The van der Waals surface area contributed by atoms with E-state index in [4.69, 9.17) is 21.4 Å². The van der Waals surface area contributed by atoms with Crippen LogP contribution in [0.1, 0.15) is 13.2 Å². The Labute approximate surface area is 119 Å². The molecule has 0 saturated heterocycles. The summed E-state index contributed by atoms with van der Waals surface area (Å²) < 4.78 is 19.4. The van der Waals surface area contributed by atoms with Crippen LogP contribution < -0.4 is 0 Å². The Morgan fingerprint density at radius 1 is 1.45 bits per heavy atom. The molecule has 0 aliphatic carbocycles. The van der Waals surface area contributed by atoms with E-state index in [0.29, 0.717) is 11.2 Å². The largest absolute Gasteiger partial charge is 0.394 e. The molecular weight excluding hydrogens is 291 g/mol. The molecule has 7 nitrogen and oxygen atoms in total. The fourth-order valence-corrected chi connectivity index (χ4v) is 1.94. The van der Waals surface area contributed by atoms with Gasteiger partial charge in [-0.05, 0) is 6.92 Å². The van der Waals surface area contributed by atoms with Gasteiger partial charge in [0.2, 0.25) is 0 Å². The van der Waals surface area contributed by atoms with E-state index in [1.165, 1.54) is 12.7 Å². The maximum absolute atomic E-state index is 12.4. The molecule has 2 unspecified atom stereocenters. The molecule has 0 fully saturated rings. The molecular formula is C11H14ClFN4O3. The molecule has 0 aliphatic rings. The zero-order chi connectivity index (χ0) is 14.7. The molecule has 0 aliphatic heterocycles. The number of halogens is 2. The number of nitrogens with zero attached hydrogens (tertiary/aromatic N) is 4. The van der Waals surface area contributed by atoms with Crippen LogP contribution in [0.5, 0.6) is 0 Å². The van der Waals surface area contributed by atoms with Crippen molar-refractivity contribution in [3.63, 3.8) is 0 Å². The first-order valence-corrected chi connectivity index (χ1v) is 6.29. The third-order valence-corrected chi connectivity index (χ3v) is 3.12. The van der Waals surface area contributed by atoms with Gasteiger partial charge in [0.25, 0.3) is 0 Å². The smallest absolute Gasteiger partial charge is 0.166 e. The predicted molar refractivity (Wildman–Crippen MR) is 69.0 cm³/mol. The number of alkyl halides is 1. The van der Waals surface area contributed by atoms with Crippen molar-refractivity contribution in [2.24, 2.45) is 0 Å². The number of imidazole rings is 1. The van der Waals surface area contributed by atoms with Gasteiger partial charge >= 0.3 is 0 Å². The fraction of sp³-hybridized carbons (Fsp3) is 0.545. The third-order valence-electron chi connectivity index (χ3n) is 2.84. The number of rotatable bonds is 6. The molecule has 20 heavy (non-hydrogen) atoms. The van der Waals surface area contributed by atoms with Crippen LogP contribution in [0.3, 0.4) is 0 Å². The van der Waals surface area contributed by atoms with Gasteiger partial charge < -0.3 is 14.9 Å². The molecule has 0 bridgehead atoms. The molecule has 0 amide bonds. The Morgan fingerprint density at radius 2 is 2.20 bits per heavy atom. The van der Waals surface area contributed by atoms with Crippen LogP contribution in [0.2, 0.25) is 5.15 Å². The average molecular weight is 305 g/mol. The summed E-state index contributed by atoms with van der Waals surface area (Å²) in [6, 6.07) is 0. The van der Waals surface area contributed by atoms with Gasteiger partial charge in [0.15, 0.2) is 10.8 Å². The summed E-state index contributed by atoms with van der Waals surface area (Å²) in [5, 5.41) is 18.7. The van der Waals surface area contributed by atoms with Gasteiger partial charge in [0, 0.05) is 0 Å². The number of aliphatic hydroxyl groups excluding tert-OH is 2. The van der Waals surface area contributed by atoms with Crippen molar-refractivity contribution < 1.29 is 19.3 Å². The number of hydrogen-bond donors (Lipinski definition) is 2. The lowest BCUT2D eigenvalue weighted by Crippen LogP contribution is -2.35. The molecule has 9 heteroatoms. The van der Waals surface area contributed by atoms with E-state index < -0.39 is 31.7 Å². The number of fused-ring (bicyclic) bond motifs is 1. The van der Waals surface area contributed by atoms with E-state index in [2.05, 4.69) is 15.0 Å². The zero-order valence-corrected chi connectivity index (χ0v) is 11.4. The average Bonchev–Trinajstić information content (AvgIpc) is 2.89. The lowest BCUT2D eigenvalue weighted by atomic mass is 10.2. The Hall–Kier alpha value is -1.35. The van der Waals surface area contributed by atoms with E-state index in [-0.39, 0.29) is 5.15 Å². The SMILES string of the molecule is CC(O[C@H](CO)C(O)CF)n1cnc2c(Cl)ncnc21. The number of aromatic nitrogens is 4. The summed E-state index contributed by atoms with van der Waals surface area (Å²) in [6.45, 7) is 0.152. The van der Waals surface area contributed by atoms with E-state index in [1.807, 2.05) is 0 Å². The van der Waals surface area contributed by atoms with Gasteiger partial charge in [-0.1, -0.05) is 11.6 Å². The molecule has 2 N–H and O–H groups in total. The highest BCUT2D eigenvalue weighted by Gasteiger charge is 2.23. The molecule has 2 rings (SSSR count). The van der Waals surface area contributed by atoms with Crippen molar-refractivity contribution in [2.45, 2.75) is 25.4 Å². The number of ether oxygens (including phenoxy) is 1. The lowest BCUT2D eigenvalue weighted by Gasteiger charge is -2.24. The summed E-state index contributed by atoms with van der Waals surface area (Å²) in [5.74, 6) is 0. The van der Waals surface area contributed by atoms with Crippen molar-refractivity contribution in [1.82, 2.24) is 19.5 Å². The maximum atomic E-state index is 12.4. The van der Waals surface area contributed by atoms with Gasteiger partial charge in [-0.3, -0.25) is 4.57 Å². The molecule has 2 aromatic heterocycles. The maximum Gasteiger partial charge on any atom is 0.166 e. The van der Waals surface area contributed by atoms with Crippen molar-refractivity contribution in [3.05, 3.63) is 17.8 Å². The molecule has 0 aromatic carbocycles. The van der Waals surface area contributed by atoms with Crippen LogP contribution in [0.15, 0.2) is 12.7 Å². The Kier molecular flexibility index (Phi) is 4.81. The van der Waals surface area contributed by atoms with Gasteiger partial charge in [0.1, 0.15) is 37.0 Å². The highest BCUT2D eigenvalue weighted by atomic mass is 35.5. The first-order chi connectivity index (χ1) is 9.58. The van der Waals surface area contributed by atoms with Gasteiger partial charge in [-0.2, -0.15) is 0 Å². The highest BCUT2D eigenvalue weighted by Crippen LogP contribution is 2.22. The monoisotopic (exact) mass is 304 g/mol. The van der Waals surface area contributed by atoms with Gasteiger partial charge in [-0.15, -0.1) is 0 Å². The third kappa shape index (κ3) is 2.88. The first-order valence-electron chi connectivity index (χ1n) is 5.91. The van der Waals surface area contributed by atoms with Crippen LogP contribution in [-0.4, -0.2) is 55.2 Å². The van der Waals surface area contributed by atoms with Crippen molar-refractivity contribution >= 4 is 22.8 Å². The molecule has 110 valence electrons. The molecule has 0 saturated carbocycles. The predicted octanol–water partition coefficient (Wildman–Crippen LogP) is 0.706. The van der Waals surface area contributed by atoms with E-state index in [1.54, 1.807) is 11.5 Å². The Morgan fingerprint density at radius 3 is 2.85 bits per heavy atom. The van der Waals surface area contributed by atoms with Gasteiger partial charge in [0.05, 0.1) is 12.9 Å². The Bertz CT molecular complexity index is 582. The fourth-order valence-electron chi connectivity index (χ4n) is 1.76. The summed E-state index contributed by atoms with van der Waals surface area (Å²) in [6.07, 6.45) is -0.314. The number of hydrogen-bond acceptors (Lipinski definition) is 6. The number of aliphatic hydroxyl groups is 2. The summed E-state index contributed by atoms with van der Waals surface area (Å²) >= 11 is 5.88. The zero-order valence-electron chi connectivity index (χ0n) is 10.6. The minimum absolute atomic E-state index is 0.212. The van der Waals surface area contributed by atoms with E-state index in [9.17, 15) is 9.50 Å². The second-order valence-electron chi connectivity index (χ2n) is 4.17. The summed E-state index contributed by atoms with van der Waals surface area (Å²) in [7, 11) is 0. The highest BCUT2D eigenvalue weighted by molar-refractivity contribution is 6.33. The van der Waals surface area contributed by atoms with E-state index in [0.717, 1.165) is 0 Å². The second-order valence-corrected chi connectivity index (χ2v) is 4.52. The lowest BCUT2D eigenvalue weighted by molar-refractivity contribution is -0.119. The van der Waals surface area contributed by atoms with Gasteiger partial charge in [-0.25, -0.2) is 19.3 Å². The molecule has 2 heterocycles. The van der Waals surface area contributed by atoms with E-state index >= 15 is 0 Å². The molecule has 0 radical (unpaired) electrons.